The predicted molar refractivity (Wildman–Crippen MR) is 67.8 cm³/mol. The molecule has 1 aromatic carbocycles. The maximum atomic E-state index is 13.8. The van der Waals surface area contributed by atoms with Crippen molar-refractivity contribution in [3.63, 3.8) is 0 Å². The van der Waals surface area contributed by atoms with Crippen LogP contribution in [0.25, 0.3) is 17.0 Å². The SMILES string of the molecule is Nc1ccc2nnc(-c3cc(Cl)ccc3F)n2c1. The number of benzene rings is 1. The summed E-state index contributed by atoms with van der Waals surface area (Å²) >= 11 is 5.87. The van der Waals surface area contributed by atoms with Crippen LogP contribution in [0.3, 0.4) is 0 Å². The molecule has 2 N–H and O–H groups in total. The van der Waals surface area contributed by atoms with Crippen molar-refractivity contribution in [2.24, 2.45) is 0 Å². The molecule has 90 valence electrons. The Bertz CT molecular complexity index is 738. The van der Waals surface area contributed by atoms with Gasteiger partial charge in [0.2, 0.25) is 0 Å². The van der Waals surface area contributed by atoms with Crippen molar-refractivity contribution >= 4 is 22.9 Å². The average molecular weight is 263 g/mol. The van der Waals surface area contributed by atoms with Gasteiger partial charge in [-0.05, 0) is 30.3 Å². The normalized spacial score (nSPS) is 11.0. The Balaban J connectivity index is 2.31. The largest absolute Gasteiger partial charge is 0.398 e. The van der Waals surface area contributed by atoms with Crippen LogP contribution in [-0.2, 0) is 0 Å². The van der Waals surface area contributed by atoms with Crippen molar-refractivity contribution in [1.29, 1.82) is 0 Å². The summed E-state index contributed by atoms with van der Waals surface area (Å²) < 4.78 is 15.4. The van der Waals surface area contributed by atoms with Crippen LogP contribution in [0, 0.1) is 5.82 Å². The van der Waals surface area contributed by atoms with Gasteiger partial charge in [-0.1, -0.05) is 11.6 Å². The number of fused-ring (bicyclic) bond motifs is 1. The smallest absolute Gasteiger partial charge is 0.171 e. The molecule has 3 rings (SSSR count). The minimum absolute atomic E-state index is 0.292. The summed E-state index contributed by atoms with van der Waals surface area (Å²) in [5.41, 5.74) is 7.14. The van der Waals surface area contributed by atoms with E-state index in [1.54, 1.807) is 22.7 Å². The van der Waals surface area contributed by atoms with Gasteiger partial charge >= 0.3 is 0 Å². The van der Waals surface area contributed by atoms with Gasteiger partial charge in [-0.25, -0.2) is 4.39 Å². The van der Waals surface area contributed by atoms with Crippen molar-refractivity contribution < 1.29 is 4.39 Å². The van der Waals surface area contributed by atoms with Crippen molar-refractivity contribution in [2.45, 2.75) is 0 Å². The summed E-state index contributed by atoms with van der Waals surface area (Å²) in [4.78, 5) is 0. The number of rotatable bonds is 1. The zero-order chi connectivity index (χ0) is 12.7. The second-order valence-electron chi connectivity index (χ2n) is 3.84. The van der Waals surface area contributed by atoms with Crippen LogP contribution in [0.2, 0.25) is 5.02 Å². The van der Waals surface area contributed by atoms with Crippen molar-refractivity contribution in [2.75, 3.05) is 5.73 Å². The second-order valence-corrected chi connectivity index (χ2v) is 4.27. The third kappa shape index (κ3) is 1.69. The van der Waals surface area contributed by atoms with E-state index in [1.807, 2.05) is 0 Å². The van der Waals surface area contributed by atoms with Crippen molar-refractivity contribution in [1.82, 2.24) is 14.6 Å². The molecule has 2 heterocycles. The summed E-state index contributed by atoms with van der Waals surface area (Å²) in [6.07, 6.45) is 1.64. The third-order valence-electron chi connectivity index (χ3n) is 2.59. The lowest BCUT2D eigenvalue weighted by Crippen LogP contribution is -1.94. The highest BCUT2D eigenvalue weighted by atomic mass is 35.5. The molecule has 6 heteroatoms. The van der Waals surface area contributed by atoms with Crippen molar-refractivity contribution in [3.05, 3.63) is 47.4 Å². The standard InChI is InChI=1S/C12H8ClFN4/c13-7-1-3-10(14)9(5-7)12-17-16-11-4-2-8(15)6-18(11)12/h1-6H,15H2. The fraction of sp³-hybridized carbons (Fsp3) is 0. The van der Waals surface area contributed by atoms with E-state index < -0.39 is 5.82 Å². The lowest BCUT2D eigenvalue weighted by molar-refractivity contribution is 0.629. The van der Waals surface area contributed by atoms with E-state index in [4.69, 9.17) is 17.3 Å². The molecular weight excluding hydrogens is 255 g/mol. The molecule has 0 amide bonds. The molecule has 0 saturated heterocycles. The lowest BCUT2D eigenvalue weighted by atomic mass is 10.2. The molecule has 0 aliphatic rings. The first kappa shape index (κ1) is 11.0. The molecule has 4 nitrogen and oxygen atoms in total. The minimum atomic E-state index is -0.406. The van der Waals surface area contributed by atoms with Crippen LogP contribution in [0.4, 0.5) is 10.1 Å². The van der Waals surface area contributed by atoms with E-state index in [9.17, 15) is 4.39 Å². The van der Waals surface area contributed by atoms with E-state index in [2.05, 4.69) is 10.2 Å². The molecule has 0 aliphatic heterocycles. The highest BCUT2D eigenvalue weighted by Gasteiger charge is 2.13. The fourth-order valence-electron chi connectivity index (χ4n) is 1.76. The van der Waals surface area contributed by atoms with E-state index in [0.29, 0.717) is 27.7 Å². The molecule has 0 saturated carbocycles. The fourth-order valence-corrected chi connectivity index (χ4v) is 1.93. The zero-order valence-corrected chi connectivity index (χ0v) is 9.89. The Kier molecular flexibility index (Phi) is 2.41. The summed E-state index contributed by atoms with van der Waals surface area (Å²) in [6, 6.07) is 7.72. The topological polar surface area (TPSA) is 56.2 Å². The Morgan fingerprint density at radius 1 is 1.17 bits per heavy atom. The molecule has 0 fully saturated rings. The Labute approximate surface area is 107 Å². The van der Waals surface area contributed by atoms with Gasteiger partial charge in [0.1, 0.15) is 5.82 Å². The summed E-state index contributed by atoms with van der Waals surface area (Å²) in [6.45, 7) is 0. The van der Waals surface area contributed by atoms with Gasteiger partial charge in [-0.2, -0.15) is 0 Å². The van der Waals surface area contributed by atoms with Gasteiger partial charge in [0, 0.05) is 16.9 Å². The maximum Gasteiger partial charge on any atom is 0.171 e. The van der Waals surface area contributed by atoms with E-state index in [-0.39, 0.29) is 0 Å². The highest BCUT2D eigenvalue weighted by molar-refractivity contribution is 6.30. The van der Waals surface area contributed by atoms with E-state index >= 15 is 0 Å². The minimum Gasteiger partial charge on any atom is -0.398 e. The molecule has 0 bridgehead atoms. The number of halogens is 2. The monoisotopic (exact) mass is 262 g/mol. The highest BCUT2D eigenvalue weighted by Crippen LogP contribution is 2.25. The average Bonchev–Trinajstić information content (AvgIpc) is 2.75. The number of hydrogen-bond acceptors (Lipinski definition) is 3. The molecule has 0 aliphatic carbocycles. The van der Waals surface area contributed by atoms with Crippen LogP contribution in [0.5, 0.6) is 0 Å². The molecule has 18 heavy (non-hydrogen) atoms. The number of aromatic nitrogens is 3. The van der Waals surface area contributed by atoms with Gasteiger partial charge in [0.05, 0.1) is 5.56 Å². The van der Waals surface area contributed by atoms with Gasteiger partial charge in [0.15, 0.2) is 11.5 Å². The Morgan fingerprint density at radius 3 is 2.83 bits per heavy atom. The first-order valence-corrected chi connectivity index (χ1v) is 5.58. The summed E-state index contributed by atoms with van der Waals surface area (Å²) in [5.74, 6) is -0.0339. The van der Waals surface area contributed by atoms with Gasteiger partial charge in [0.25, 0.3) is 0 Å². The number of nitrogens with zero attached hydrogens (tertiary/aromatic N) is 3. The first-order valence-electron chi connectivity index (χ1n) is 5.21. The second kappa shape index (κ2) is 3.96. The number of nitrogen functional groups attached to an aromatic ring is 1. The van der Waals surface area contributed by atoms with E-state index in [1.165, 1.54) is 18.2 Å². The molecule has 0 unspecified atom stereocenters. The molecule has 3 aromatic rings. The summed E-state index contributed by atoms with van der Waals surface area (Å²) in [5, 5.41) is 8.36. The zero-order valence-electron chi connectivity index (χ0n) is 9.14. The first-order chi connectivity index (χ1) is 8.65. The van der Waals surface area contributed by atoms with Crippen LogP contribution in [0.15, 0.2) is 36.5 Å². The number of hydrogen-bond donors (Lipinski definition) is 1. The Hall–Kier alpha value is -2.14. The van der Waals surface area contributed by atoms with Gasteiger partial charge in [-0.3, -0.25) is 4.40 Å². The lowest BCUT2D eigenvalue weighted by Gasteiger charge is -2.03. The molecular formula is C12H8ClFN4. The van der Waals surface area contributed by atoms with E-state index in [0.717, 1.165) is 0 Å². The molecule has 2 aromatic heterocycles. The molecule has 0 spiro atoms. The number of anilines is 1. The molecule has 0 atom stereocenters. The Morgan fingerprint density at radius 2 is 2.00 bits per heavy atom. The maximum absolute atomic E-state index is 13.8. The number of nitrogens with two attached hydrogens (primary N) is 1. The van der Waals surface area contributed by atoms with Gasteiger partial charge in [-0.15, -0.1) is 10.2 Å². The van der Waals surface area contributed by atoms with Crippen LogP contribution >= 0.6 is 11.6 Å². The van der Waals surface area contributed by atoms with Gasteiger partial charge < -0.3 is 5.73 Å². The quantitative estimate of drug-likeness (QED) is 0.734. The third-order valence-corrected chi connectivity index (χ3v) is 2.83. The van der Waals surface area contributed by atoms with Crippen molar-refractivity contribution in [3.8, 4) is 11.4 Å². The number of pyridine rings is 1. The predicted octanol–water partition coefficient (Wildman–Crippen LogP) is 2.77. The molecule has 0 radical (unpaired) electrons. The summed E-state index contributed by atoms with van der Waals surface area (Å²) in [7, 11) is 0. The van der Waals surface area contributed by atoms with Crippen LogP contribution in [-0.4, -0.2) is 14.6 Å². The van der Waals surface area contributed by atoms with Crippen LogP contribution < -0.4 is 5.73 Å². The van der Waals surface area contributed by atoms with Crippen LogP contribution in [0.1, 0.15) is 0 Å².